The van der Waals surface area contributed by atoms with Crippen LogP contribution in [0.4, 0.5) is 5.69 Å². The number of fused-ring (bicyclic) bond motifs is 3. The molecule has 0 unspecified atom stereocenters. The lowest BCUT2D eigenvalue weighted by Gasteiger charge is -2.44. The summed E-state index contributed by atoms with van der Waals surface area (Å²) in [4.78, 5) is 24.5. The van der Waals surface area contributed by atoms with Gasteiger partial charge in [-0.15, -0.1) is 0 Å². The molecule has 1 fully saturated rings. The highest BCUT2D eigenvalue weighted by Crippen LogP contribution is 2.38. The molecule has 0 saturated heterocycles. The van der Waals surface area contributed by atoms with Crippen LogP contribution in [0.5, 0.6) is 0 Å². The summed E-state index contributed by atoms with van der Waals surface area (Å²) in [5.74, 6) is 0.854. The van der Waals surface area contributed by atoms with E-state index in [9.17, 15) is 4.79 Å². The van der Waals surface area contributed by atoms with Gasteiger partial charge in [-0.1, -0.05) is 6.92 Å². The number of pyridine rings is 1. The molecular weight excluding hydrogens is 314 g/mol. The lowest BCUT2D eigenvalue weighted by molar-refractivity contribution is 0.0774. The fourth-order valence-electron chi connectivity index (χ4n) is 4.34. The van der Waals surface area contributed by atoms with Crippen molar-refractivity contribution in [1.82, 2.24) is 20.2 Å². The summed E-state index contributed by atoms with van der Waals surface area (Å²) in [5, 5.41) is 4.55. The predicted molar refractivity (Wildman–Crippen MR) is 99.8 cm³/mol. The molecule has 2 aliphatic rings. The number of hydrogen-bond acceptors (Lipinski definition) is 4. The Bertz CT molecular complexity index is 762. The molecule has 1 saturated carbocycles. The van der Waals surface area contributed by atoms with Crippen molar-refractivity contribution >= 4 is 22.6 Å². The number of H-pyrrole nitrogens is 1. The summed E-state index contributed by atoms with van der Waals surface area (Å²) < 4.78 is 0. The minimum Gasteiger partial charge on any atom is -0.349 e. The Morgan fingerprint density at radius 3 is 2.88 bits per heavy atom. The van der Waals surface area contributed by atoms with Crippen LogP contribution in [0.25, 0.3) is 11.0 Å². The molecule has 2 aromatic rings. The number of carbonyl (C=O) groups is 1. The van der Waals surface area contributed by atoms with Crippen molar-refractivity contribution in [2.24, 2.45) is 5.92 Å². The lowest BCUT2D eigenvalue weighted by atomic mass is 9.84. The summed E-state index contributed by atoms with van der Waals surface area (Å²) in [5.41, 5.74) is 2.67. The van der Waals surface area contributed by atoms with E-state index in [4.69, 9.17) is 0 Å². The monoisotopic (exact) mass is 341 g/mol. The molecule has 3 heterocycles. The number of hydrogen-bond donors (Lipinski definition) is 2. The Balaban J connectivity index is 1.62. The van der Waals surface area contributed by atoms with Gasteiger partial charge in [-0.25, -0.2) is 4.98 Å². The first-order chi connectivity index (χ1) is 12.2. The SMILES string of the molecule is CCNCC1CCC(N2CN(C)C(=O)c3cnc4[nH]ccc4c32)CC1. The molecule has 0 spiro atoms. The van der Waals surface area contributed by atoms with Crippen molar-refractivity contribution in [2.75, 3.05) is 31.7 Å². The van der Waals surface area contributed by atoms with Gasteiger partial charge in [-0.05, 0) is 50.8 Å². The average Bonchev–Trinajstić information content (AvgIpc) is 3.12. The maximum Gasteiger partial charge on any atom is 0.258 e. The largest absolute Gasteiger partial charge is 0.349 e. The van der Waals surface area contributed by atoms with Gasteiger partial charge in [0.05, 0.1) is 17.9 Å². The number of nitrogens with zero attached hydrogens (tertiary/aromatic N) is 3. The number of aromatic nitrogens is 2. The topological polar surface area (TPSA) is 64.3 Å². The molecule has 134 valence electrons. The van der Waals surface area contributed by atoms with Gasteiger partial charge in [0.1, 0.15) is 5.65 Å². The second kappa shape index (κ2) is 6.67. The molecule has 6 heteroatoms. The molecule has 0 aromatic carbocycles. The summed E-state index contributed by atoms with van der Waals surface area (Å²) in [6, 6.07) is 2.54. The molecule has 1 amide bonds. The molecule has 2 aromatic heterocycles. The maximum atomic E-state index is 12.6. The Morgan fingerprint density at radius 2 is 2.12 bits per heavy atom. The van der Waals surface area contributed by atoms with Crippen LogP contribution in [-0.4, -0.2) is 53.6 Å². The van der Waals surface area contributed by atoms with E-state index in [1.54, 1.807) is 6.20 Å². The Kier molecular flexibility index (Phi) is 4.37. The van der Waals surface area contributed by atoms with Crippen molar-refractivity contribution < 1.29 is 4.79 Å². The van der Waals surface area contributed by atoms with Gasteiger partial charge in [0.15, 0.2) is 0 Å². The minimum atomic E-state index is 0.0719. The highest BCUT2D eigenvalue weighted by Gasteiger charge is 2.35. The average molecular weight is 341 g/mol. The quantitative estimate of drug-likeness (QED) is 0.897. The molecule has 0 atom stereocenters. The van der Waals surface area contributed by atoms with Crippen LogP contribution in [0, 0.1) is 5.92 Å². The Morgan fingerprint density at radius 1 is 1.32 bits per heavy atom. The molecular formula is C19H27N5O. The van der Waals surface area contributed by atoms with Crippen molar-refractivity contribution in [2.45, 2.75) is 38.6 Å². The van der Waals surface area contributed by atoms with Crippen LogP contribution >= 0.6 is 0 Å². The van der Waals surface area contributed by atoms with Crippen molar-refractivity contribution in [3.05, 3.63) is 24.0 Å². The summed E-state index contributed by atoms with van der Waals surface area (Å²) in [6.07, 6.45) is 8.52. The standard InChI is InChI=1S/C19H27N5O/c1-3-20-10-13-4-6-14(7-5-13)24-12-23(2)19(25)16-11-22-18-15(17(16)24)8-9-21-18/h8-9,11,13-14,20H,3-7,10,12H2,1-2H3,(H,21,22). The van der Waals surface area contributed by atoms with E-state index in [0.717, 1.165) is 41.3 Å². The fourth-order valence-corrected chi connectivity index (χ4v) is 4.34. The zero-order chi connectivity index (χ0) is 17.4. The van der Waals surface area contributed by atoms with Gasteiger partial charge in [-0.2, -0.15) is 0 Å². The van der Waals surface area contributed by atoms with Crippen LogP contribution in [0.15, 0.2) is 18.5 Å². The van der Waals surface area contributed by atoms with Gasteiger partial charge < -0.3 is 20.1 Å². The molecule has 0 bridgehead atoms. The Labute approximate surface area is 148 Å². The third kappa shape index (κ3) is 2.88. The normalized spacial score (nSPS) is 24.0. The van der Waals surface area contributed by atoms with Gasteiger partial charge >= 0.3 is 0 Å². The van der Waals surface area contributed by atoms with E-state index in [-0.39, 0.29) is 5.91 Å². The van der Waals surface area contributed by atoms with Crippen LogP contribution in [0.3, 0.4) is 0 Å². The summed E-state index contributed by atoms with van der Waals surface area (Å²) in [6.45, 7) is 5.01. The van der Waals surface area contributed by atoms with Gasteiger partial charge in [0, 0.05) is 30.9 Å². The van der Waals surface area contributed by atoms with Crippen LogP contribution in [-0.2, 0) is 0 Å². The van der Waals surface area contributed by atoms with Crippen molar-refractivity contribution in [3.8, 4) is 0 Å². The molecule has 1 aliphatic heterocycles. The first kappa shape index (κ1) is 16.4. The van der Waals surface area contributed by atoms with Gasteiger partial charge in [0.25, 0.3) is 5.91 Å². The second-order valence-electron chi connectivity index (χ2n) is 7.36. The van der Waals surface area contributed by atoms with Gasteiger partial charge in [0.2, 0.25) is 0 Å². The molecule has 1 aliphatic carbocycles. The van der Waals surface area contributed by atoms with E-state index in [1.165, 1.54) is 25.7 Å². The molecule has 0 radical (unpaired) electrons. The molecule has 25 heavy (non-hydrogen) atoms. The van der Waals surface area contributed by atoms with E-state index < -0.39 is 0 Å². The minimum absolute atomic E-state index is 0.0719. The number of amides is 1. The third-order valence-corrected chi connectivity index (χ3v) is 5.73. The van der Waals surface area contributed by atoms with E-state index in [2.05, 4.69) is 27.1 Å². The number of rotatable bonds is 4. The molecule has 4 rings (SSSR count). The zero-order valence-electron chi connectivity index (χ0n) is 15.1. The predicted octanol–water partition coefficient (Wildman–Crippen LogP) is 2.58. The van der Waals surface area contributed by atoms with E-state index in [0.29, 0.717) is 12.7 Å². The number of nitrogens with one attached hydrogen (secondary N) is 2. The van der Waals surface area contributed by atoms with Gasteiger partial charge in [-0.3, -0.25) is 4.79 Å². The third-order valence-electron chi connectivity index (χ3n) is 5.73. The molecule has 2 N–H and O–H groups in total. The lowest BCUT2D eigenvalue weighted by Crippen LogP contribution is -2.50. The second-order valence-corrected chi connectivity index (χ2v) is 7.36. The molecule has 6 nitrogen and oxygen atoms in total. The number of aromatic amines is 1. The fraction of sp³-hybridized carbons (Fsp3) is 0.579. The number of carbonyl (C=O) groups excluding carboxylic acids is 1. The van der Waals surface area contributed by atoms with Crippen molar-refractivity contribution in [1.29, 1.82) is 0 Å². The van der Waals surface area contributed by atoms with Crippen LogP contribution in [0.2, 0.25) is 0 Å². The van der Waals surface area contributed by atoms with E-state index >= 15 is 0 Å². The van der Waals surface area contributed by atoms with Crippen molar-refractivity contribution in [3.63, 3.8) is 0 Å². The highest BCUT2D eigenvalue weighted by atomic mass is 16.2. The smallest absolute Gasteiger partial charge is 0.258 e. The van der Waals surface area contributed by atoms with E-state index in [1.807, 2.05) is 24.2 Å². The summed E-state index contributed by atoms with van der Waals surface area (Å²) in [7, 11) is 1.89. The van der Waals surface area contributed by atoms with Crippen LogP contribution in [0.1, 0.15) is 43.0 Å². The number of anilines is 1. The van der Waals surface area contributed by atoms with Crippen LogP contribution < -0.4 is 10.2 Å². The summed E-state index contributed by atoms with van der Waals surface area (Å²) >= 11 is 0. The first-order valence-corrected chi connectivity index (χ1v) is 9.38. The highest BCUT2D eigenvalue weighted by molar-refractivity contribution is 6.08. The first-order valence-electron chi connectivity index (χ1n) is 9.38. The zero-order valence-corrected chi connectivity index (χ0v) is 15.1. The maximum absolute atomic E-state index is 12.6. The Hall–Kier alpha value is -2.08.